The van der Waals surface area contributed by atoms with E-state index < -0.39 is 0 Å². The third-order valence-electron chi connectivity index (χ3n) is 4.10. The summed E-state index contributed by atoms with van der Waals surface area (Å²) >= 11 is 6.10. The Balaban J connectivity index is 1.81. The van der Waals surface area contributed by atoms with Crippen molar-refractivity contribution < 1.29 is 0 Å². The van der Waals surface area contributed by atoms with Gasteiger partial charge in [-0.15, -0.1) is 0 Å². The average Bonchev–Trinajstić information content (AvgIpc) is 2.92. The fraction of sp³-hybridized carbons (Fsp3) is 0.333. The van der Waals surface area contributed by atoms with Crippen molar-refractivity contribution in [2.24, 2.45) is 0 Å². The molecule has 1 unspecified atom stereocenters. The number of hydrogen-bond donors (Lipinski definition) is 1. The van der Waals surface area contributed by atoms with Crippen LogP contribution in [0.2, 0.25) is 5.02 Å². The molecule has 1 aliphatic carbocycles. The quantitative estimate of drug-likeness (QED) is 0.794. The van der Waals surface area contributed by atoms with Crippen molar-refractivity contribution >= 4 is 17.3 Å². The molecule has 0 radical (unpaired) electrons. The summed E-state index contributed by atoms with van der Waals surface area (Å²) in [5.41, 5.74) is 5.50. The molecule has 0 spiro atoms. The molecule has 1 aliphatic rings. The number of rotatable bonds is 4. The highest BCUT2D eigenvalue weighted by Crippen LogP contribution is 2.29. The van der Waals surface area contributed by atoms with E-state index in [0.29, 0.717) is 6.04 Å². The Morgan fingerprint density at radius 1 is 1.10 bits per heavy atom. The molecule has 1 atom stereocenters. The molecule has 0 fully saturated rings. The lowest BCUT2D eigenvalue weighted by molar-refractivity contribution is 0.749. The van der Waals surface area contributed by atoms with Crippen LogP contribution in [-0.4, -0.2) is 0 Å². The average molecular weight is 286 g/mol. The number of anilines is 1. The molecule has 2 heteroatoms. The standard InChI is InChI=1S/C18H20ClN/c1-2-18(15-7-4-8-16(19)11-15)20-17-10-9-13-5-3-6-14(13)12-17/h4,7-12,18,20H,2-3,5-6H2,1H3. The SMILES string of the molecule is CCC(Nc1ccc2c(c1)CCC2)c1cccc(Cl)c1. The summed E-state index contributed by atoms with van der Waals surface area (Å²) in [6.07, 6.45) is 4.79. The molecule has 20 heavy (non-hydrogen) atoms. The summed E-state index contributed by atoms with van der Waals surface area (Å²) < 4.78 is 0. The number of benzene rings is 2. The first-order valence-electron chi connectivity index (χ1n) is 7.40. The fourth-order valence-corrected chi connectivity index (χ4v) is 3.21. The second kappa shape index (κ2) is 5.88. The van der Waals surface area contributed by atoms with Gasteiger partial charge in [0.15, 0.2) is 0 Å². The molecule has 2 aromatic carbocycles. The first-order chi connectivity index (χ1) is 9.76. The van der Waals surface area contributed by atoms with Gasteiger partial charge in [-0.25, -0.2) is 0 Å². The molecule has 0 heterocycles. The van der Waals surface area contributed by atoms with E-state index in [0.717, 1.165) is 11.4 Å². The molecule has 0 saturated carbocycles. The molecule has 0 amide bonds. The lowest BCUT2D eigenvalue weighted by atomic mass is 10.0. The largest absolute Gasteiger partial charge is 0.378 e. The van der Waals surface area contributed by atoms with Crippen LogP contribution in [-0.2, 0) is 12.8 Å². The van der Waals surface area contributed by atoms with Crippen LogP contribution in [0.3, 0.4) is 0 Å². The maximum Gasteiger partial charge on any atom is 0.0511 e. The lowest BCUT2D eigenvalue weighted by Gasteiger charge is -2.19. The van der Waals surface area contributed by atoms with Crippen LogP contribution >= 0.6 is 11.6 Å². The third-order valence-corrected chi connectivity index (χ3v) is 4.33. The molecule has 0 bridgehead atoms. The van der Waals surface area contributed by atoms with Crippen LogP contribution in [0.4, 0.5) is 5.69 Å². The molecule has 1 N–H and O–H groups in total. The first-order valence-corrected chi connectivity index (χ1v) is 7.78. The van der Waals surface area contributed by atoms with Crippen LogP contribution in [0.1, 0.15) is 42.5 Å². The smallest absolute Gasteiger partial charge is 0.0511 e. The van der Waals surface area contributed by atoms with Gasteiger partial charge in [0.2, 0.25) is 0 Å². The zero-order valence-electron chi connectivity index (χ0n) is 11.8. The van der Waals surface area contributed by atoms with Crippen LogP contribution in [0.25, 0.3) is 0 Å². The van der Waals surface area contributed by atoms with Crippen molar-refractivity contribution in [1.29, 1.82) is 0 Å². The van der Waals surface area contributed by atoms with Crippen molar-refractivity contribution in [3.05, 3.63) is 64.2 Å². The Kier molecular flexibility index (Phi) is 3.98. The zero-order valence-corrected chi connectivity index (χ0v) is 12.6. The first kappa shape index (κ1) is 13.5. The molecular formula is C18H20ClN. The second-order valence-corrected chi connectivity index (χ2v) is 5.93. The van der Waals surface area contributed by atoms with Gasteiger partial charge in [-0.05, 0) is 66.6 Å². The number of hydrogen-bond acceptors (Lipinski definition) is 1. The minimum atomic E-state index is 0.313. The van der Waals surface area contributed by atoms with Gasteiger partial charge < -0.3 is 5.32 Å². The van der Waals surface area contributed by atoms with Crippen molar-refractivity contribution in [3.63, 3.8) is 0 Å². The van der Waals surface area contributed by atoms with E-state index >= 15 is 0 Å². The van der Waals surface area contributed by atoms with Gasteiger partial charge in [0, 0.05) is 10.7 Å². The second-order valence-electron chi connectivity index (χ2n) is 5.50. The van der Waals surface area contributed by atoms with Crippen LogP contribution in [0.5, 0.6) is 0 Å². The minimum absolute atomic E-state index is 0.313. The molecular weight excluding hydrogens is 266 g/mol. The van der Waals surface area contributed by atoms with Crippen molar-refractivity contribution in [3.8, 4) is 0 Å². The molecule has 104 valence electrons. The molecule has 0 aromatic heterocycles. The highest BCUT2D eigenvalue weighted by molar-refractivity contribution is 6.30. The van der Waals surface area contributed by atoms with Crippen molar-refractivity contribution in [1.82, 2.24) is 0 Å². The lowest BCUT2D eigenvalue weighted by Crippen LogP contribution is -2.09. The molecule has 1 nitrogen and oxygen atoms in total. The van der Waals surface area contributed by atoms with E-state index in [1.165, 1.54) is 41.6 Å². The Labute approximate surface area is 126 Å². The van der Waals surface area contributed by atoms with E-state index in [9.17, 15) is 0 Å². The van der Waals surface area contributed by atoms with Gasteiger partial charge in [-0.3, -0.25) is 0 Å². The minimum Gasteiger partial charge on any atom is -0.378 e. The van der Waals surface area contributed by atoms with E-state index in [2.05, 4.69) is 42.6 Å². The highest BCUT2D eigenvalue weighted by atomic mass is 35.5. The van der Waals surface area contributed by atoms with E-state index in [1.54, 1.807) is 0 Å². The van der Waals surface area contributed by atoms with E-state index in [4.69, 9.17) is 11.6 Å². The van der Waals surface area contributed by atoms with Crippen LogP contribution < -0.4 is 5.32 Å². The normalized spacial score (nSPS) is 14.9. The summed E-state index contributed by atoms with van der Waals surface area (Å²) in [6, 6.07) is 15.2. The maximum absolute atomic E-state index is 6.10. The molecule has 3 rings (SSSR count). The Bertz CT molecular complexity index is 606. The van der Waals surface area contributed by atoms with Crippen molar-refractivity contribution in [2.75, 3.05) is 5.32 Å². The van der Waals surface area contributed by atoms with Gasteiger partial charge in [0.1, 0.15) is 0 Å². The third kappa shape index (κ3) is 2.83. The fourth-order valence-electron chi connectivity index (χ4n) is 3.01. The summed E-state index contributed by atoms with van der Waals surface area (Å²) in [5, 5.41) is 4.45. The Hall–Kier alpha value is -1.47. The monoisotopic (exact) mass is 285 g/mol. The van der Waals surface area contributed by atoms with Gasteiger partial charge in [-0.1, -0.05) is 36.7 Å². The number of nitrogens with one attached hydrogen (secondary N) is 1. The maximum atomic E-state index is 6.10. The van der Waals surface area contributed by atoms with Gasteiger partial charge in [-0.2, -0.15) is 0 Å². The van der Waals surface area contributed by atoms with Gasteiger partial charge in [0.05, 0.1) is 6.04 Å². The summed E-state index contributed by atoms with van der Waals surface area (Å²) in [6.45, 7) is 2.20. The zero-order chi connectivity index (χ0) is 13.9. The number of aryl methyl sites for hydroxylation is 2. The van der Waals surface area contributed by atoms with Crippen molar-refractivity contribution in [2.45, 2.75) is 38.6 Å². The van der Waals surface area contributed by atoms with E-state index in [-0.39, 0.29) is 0 Å². The predicted octanol–water partition coefficient (Wildman–Crippen LogP) is 5.39. The Morgan fingerprint density at radius 2 is 1.95 bits per heavy atom. The summed E-state index contributed by atoms with van der Waals surface area (Å²) in [7, 11) is 0. The van der Waals surface area contributed by atoms with Crippen LogP contribution in [0.15, 0.2) is 42.5 Å². The summed E-state index contributed by atoms with van der Waals surface area (Å²) in [4.78, 5) is 0. The van der Waals surface area contributed by atoms with Crippen LogP contribution in [0, 0.1) is 0 Å². The molecule has 0 aliphatic heterocycles. The highest BCUT2D eigenvalue weighted by Gasteiger charge is 2.13. The van der Waals surface area contributed by atoms with Gasteiger partial charge >= 0.3 is 0 Å². The molecule has 2 aromatic rings. The molecule has 0 saturated heterocycles. The Morgan fingerprint density at radius 3 is 2.75 bits per heavy atom. The van der Waals surface area contributed by atoms with Gasteiger partial charge in [0.25, 0.3) is 0 Å². The number of halogens is 1. The van der Waals surface area contributed by atoms with E-state index in [1.807, 2.05) is 12.1 Å². The summed E-state index contributed by atoms with van der Waals surface area (Å²) in [5.74, 6) is 0. The predicted molar refractivity (Wildman–Crippen MR) is 86.6 cm³/mol. The number of fused-ring (bicyclic) bond motifs is 1. The topological polar surface area (TPSA) is 12.0 Å².